The van der Waals surface area contributed by atoms with E-state index in [0.717, 1.165) is 0 Å². The number of hydrogen-bond donors (Lipinski definition) is 1. The summed E-state index contributed by atoms with van der Waals surface area (Å²) in [5.41, 5.74) is 0.658. The van der Waals surface area contributed by atoms with Crippen LogP contribution < -0.4 is 5.32 Å². The summed E-state index contributed by atoms with van der Waals surface area (Å²) in [6, 6.07) is 5.28. The van der Waals surface area contributed by atoms with E-state index in [4.69, 9.17) is 34.8 Å². The molecule has 0 aliphatic heterocycles. The van der Waals surface area contributed by atoms with E-state index in [9.17, 15) is 0 Å². The summed E-state index contributed by atoms with van der Waals surface area (Å²) in [6.07, 6.45) is 3.00. The van der Waals surface area contributed by atoms with Crippen molar-refractivity contribution in [2.24, 2.45) is 0 Å². The minimum absolute atomic E-state index is 0.308. The molecule has 0 fully saturated rings. The molecule has 1 N–H and O–H groups in total. The molecule has 0 saturated carbocycles. The molecule has 82 valence electrons. The van der Waals surface area contributed by atoms with Gasteiger partial charge in [-0.1, -0.05) is 40.9 Å². The summed E-state index contributed by atoms with van der Waals surface area (Å²) < 4.78 is 0. The maximum absolute atomic E-state index is 6.01. The normalized spacial score (nSPS) is 10.2. The minimum atomic E-state index is 0.308. The summed E-state index contributed by atoms with van der Waals surface area (Å²) in [4.78, 5) is 7.93. The van der Waals surface area contributed by atoms with Crippen LogP contribution in [0.4, 0.5) is 11.5 Å². The maximum Gasteiger partial charge on any atom is 0.150 e. The van der Waals surface area contributed by atoms with Gasteiger partial charge < -0.3 is 5.32 Å². The van der Waals surface area contributed by atoms with Crippen molar-refractivity contribution in [1.29, 1.82) is 0 Å². The minimum Gasteiger partial charge on any atom is -0.338 e. The molecule has 0 bridgehead atoms. The second kappa shape index (κ2) is 4.87. The Balaban J connectivity index is 2.31. The highest BCUT2D eigenvalue weighted by Crippen LogP contribution is 2.31. The van der Waals surface area contributed by atoms with Gasteiger partial charge in [0, 0.05) is 0 Å². The topological polar surface area (TPSA) is 37.8 Å². The third-order valence-electron chi connectivity index (χ3n) is 1.82. The molecular weight excluding hydrogens is 268 g/mol. The number of aromatic nitrogens is 2. The molecule has 0 unspecified atom stereocenters. The molecule has 0 spiro atoms. The van der Waals surface area contributed by atoms with Crippen LogP contribution in [0.2, 0.25) is 15.2 Å². The molecule has 0 amide bonds. The third-order valence-corrected chi connectivity index (χ3v) is 2.82. The second-order valence-electron chi connectivity index (χ2n) is 2.95. The van der Waals surface area contributed by atoms with Crippen molar-refractivity contribution in [3.63, 3.8) is 0 Å². The fourth-order valence-corrected chi connectivity index (χ4v) is 1.64. The summed E-state index contributed by atoms with van der Waals surface area (Å²) in [7, 11) is 0. The lowest BCUT2D eigenvalue weighted by Crippen LogP contribution is -1.95. The molecule has 2 rings (SSSR count). The predicted octanol–water partition coefficient (Wildman–Crippen LogP) is 4.18. The van der Waals surface area contributed by atoms with Crippen LogP contribution in [0.5, 0.6) is 0 Å². The standard InChI is InChI=1S/C10H6Cl3N3/c11-6-2-1-3-7(10(6)13)15-9-5-14-4-8(12)16-9/h1-5H,(H,15,16). The summed E-state index contributed by atoms with van der Waals surface area (Å²) in [5, 5.41) is 4.20. The molecule has 1 aromatic heterocycles. The van der Waals surface area contributed by atoms with Crippen molar-refractivity contribution >= 4 is 46.3 Å². The molecular formula is C10H6Cl3N3. The van der Waals surface area contributed by atoms with Gasteiger partial charge in [-0.05, 0) is 12.1 Å². The average Bonchev–Trinajstić information content (AvgIpc) is 2.25. The van der Waals surface area contributed by atoms with Crippen molar-refractivity contribution in [2.45, 2.75) is 0 Å². The molecule has 3 nitrogen and oxygen atoms in total. The van der Waals surface area contributed by atoms with E-state index in [1.165, 1.54) is 6.20 Å². The largest absolute Gasteiger partial charge is 0.338 e. The van der Waals surface area contributed by atoms with Crippen molar-refractivity contribution < 1.29 is 0 Å². The van der Waals surface area contributed by atoms with Crippen LogP contribution in [0.3, 0.4) is 0 Å². The molecule has 16 heavy (non-hydrogen) atoms. The van der Waals surface area contributed by atoms with Crippen molar-refractivity contribution in [3.8, 4) is 0 Å². The first kappa shape index (κ1) is 11.5. The highest BCUT2D eigenvalue weighted by Gasteiger charge is 2.05. The Morgan fingerprint density at radius 1 is 1.06 bits per heavy atom. The van der Waals surface area contributed by atoms with Gasteiger partial charge in [0.2, 0.25) is 0 Å². The zero-order valence-corrected chi connectivity index (χ0v) is 10.2. The van der Waals surface area contributed by atoms with Crippen molar-refractivity contribution in [1.82, 2.24) is 9.97 Å². The van der Waals surface area contributed by atoms with Crippen LogP contribution in [0.15, 0.2) is 30.6 Å². The monoisotopic (exact) mass is 273 g/mol. The van der Waals surface area contributed by atoms with Gasteiger partial charge in [-0.2, -0.15) is 0 Å². The van der Waals surface area contributed by atoms with Crippen LogP contribution in [0.25, 0.3) is 0 Å². The number of hydrogen-bond acceptors (Lipinski definition) is 3. The number of halogens is 3. The van der Waals surface area contributed by atoms with Gasteiger partial charge in [0.05, 0.1) is 28.1 Å². The van der Waals surface area contributed by atoms with E-state index in [-0.39, 0.29) is 0 Å². The molecule has 0 saturated heterocycles. The van der Waals surface area contributed by atoms with Gasteiger partial charge >= 0.3 is 0 Å². The smallest absolute Gasteiger partial charge is 0.150 e. The molecule has 0 atom stereocenters. The Kier molecular flexibility index (Phi) is 3.49. The van der Waals surface area contributed by atoms with Crippen LogP contribution in [0, 0.1) is 0 Å². The number of anilines is 2. The summed E-state index contributed by atoms with van der Waals surface area (Å²) in [6.45, 7) is 0. The zero-order chi connectivity index (χ0) is 11.5. The fourth-order valence-electron chi connectivity index (χ4n) is 1.14. The van der Waals surface area contributed by atoms with Gasteiger partial charge in [0.15, 0.2) is 5.82 Å². The highest BCUT2D eigenvalue weighted by atomic mass is 35.5. The first-order chi connectivity index (χ1) is 7.66. The molecule has 6 heteroatoms. The SMILES string of the molecule is Clc1cncc(Nc2cccc(Cl)c2Cl)n1. The Labute approximate surface area is 107 Å². The van der Waals surface area contributed by atoms with E-state index in [2.05, 4.69) is 15.3 Å². The van der Waals surface area contributed by atoms with E-state index in [1.54, 1.807) is 24.4 Å². The molecule has 0 radical (unpaired) electrons. The third kappa shape index (κ3) is 2.55. The van der Waals surface area contributed by atoms with Crippen LogP contribution >= 0.6 is 34.8 Å². The van der Waals surface area contributed by atoms with Gasteiger partial charge in [-0.3, -0.25) is 4.98 Å². The van der Waals surface area contributed by atoms with Gasteiger partial charge in [0.25, 0.3) is 0 Å². The summed E-state index contributed by atoms with van der Waals surface area (Å²) >= 11 is 17.6. The molecule has 0 aliphatic carbocycles. The maximum atomic E-state index is 6.01. The first-order valence-electron chi connectivity index (χ1n) is 4.35. The Morgan fingerprint density at radius 2 is 1.88 bits per heavy atom. The quantitative estimate of drug-likeness (QED) is 0.892. The highest BCUT2D eigenvalue weighted by molar-refractivity contribution is 6.43. The van der Waals surface area contributed by atoms with Crippen LogP contribution in [-0.4, -0.2) is 9.97 Å². The number of benzene rings is 1. The van der Waals surface area contributed by atoms with Gasteiger partial charge in [0.1, 0.15) is 5.15 Å². The zero-order valence-electron chi connectivity index (χ0n) is 7.92. The fraction of sp³-hybridized carbons (Fsp3) is 0. The Bertz CT molecular complexity index is 516. The van der Waals surface area contributed by atoms with E-state index in [0.29, 0.717) is 26.7 Å². The van der Waals surface area contributed by atoms with Crippen molar-refractivity contribution in [3.05, 3.63) is 45.8 Å². The van der Waals surface area contributed by atoms with E-state index >= 15 is 0 Å². The lowest BCUT2D eigenvalue weighted by atomic mass is 10.3. The van der Waals surface area contributed by atoms with E-state index in [1.807, 2.05) is 0 Å². The predicted molar refractivity (Wildman–Crippen MR) is 66.8 cm³/mol. The van der Waals surface area contributed by atoms with E-state index < -0.39 is 0 Å². The Hall–Kier alpha value is -1.03. The lowest BCUT2D eigenvalue weighted by Gasteiger charge is -2.07. The van der Waals surface area contributed by atoms with Crippen LogP contribution in [0.1, 0.15) is 0 Å². The molecule has 1 heterocycles. The van der Waals surface area contributed by atoms with Gasteiger partial charge in [-0.15, -0.1) is 0 Å². The molecule has 0 aliphatic rings. The van der Waals surface area contributed by atoms with Gasteiger partial charge in [-0.25, -0.2) is 4.98 Å². The molecule has 1 aromatic carbocycles. The lowest BCUT2D eigenvalue weighted by molar-refractivity contribution is 1.20. The summed E-state index contributed by atoms with van der Waals surface area (Å²) in [5.74, 6) is 0.511. The van der Waals surface area contributed by atoms with Crippen LogP contribution in [-0.2, 0) is 0 Å². The second-order valence-corrected chi connectivity index (χ2v) is 4.13. The Morgan fingerprint density at radius 3 is 2.62 bits per heavy atom. The van der Waals surface area contributed by atoms with Crippen molar-refractivity contribution in [2.75, 3.05) is 5.32 Å². The number of nitrogens with one attached hydrogen (secondary N) is 1. The number of rotatable bonds is 2. The average molecular weight is 275 g/mol. The molecule has 2 aromatic rings. The first-order valence-corrected chi connectivity index (χ1v) is 5.49. The number of nitrogens with zero attached hydrogens (tertiary/aromatic N) is 2.